The van der Waals surface area contributed by atoms with Crippen LogP contribution < -0.4 is 4.74 Å². The van der Waals surface area contributed by atoms with Gasteiger partial charge in [-0.1, -0.05) is 12.1 Å². The zero-order valence-corrected chi connectivity index (χ0v) is 6.99. The Morgan fingerprint density at radius 1 is 1.33 bits per heavy atom. The van der Waals surface area contributed by atoms with Crippen molar-refractivity contribution in [3.63, 3.8) is 0 Å². The smallest absolute Gasteiger partial charge is 0.142 e. The molecule has 0 unspecified atom stereocenters. The van der Waals surface area contributed by atoms with Crippen molar-refractivity contribution in [2.45, 2.75) is 6.61 Å². The van der Waals surface area contributed by atoms with E-state index in [-0.39, 0.29) is 0 Å². The fourth-order valence-corrected chi connectivity index (χ4v) is 0.842. The summed E-state index contributed by atoms with van der Waals surface area (Å²) in [6.07, 6.45) is 0. The Morgan fingerprint density at radius 3 is 2.50 bits per heavy atom. The maximum atomic E-state index is 5.00. The fourth-order valence-electron chi connectivity index (χ4n) is 0.842. The van der Waals surface area contributed by atoms with Gasteiger partial charge in [0.1, 0.15) is 12.4 Å². The largest absolute Gasteiger partial charge is 0.497 e. The lowest BCUT2D eigenvalue weighted by atomic mass is 10.2. The molecule has 0 saturated heterocycles. The third-order valence-electron chi connectivity index (χ3n) is 1.48. The van der Waals surface area contributed by atoms with Gasteiger partial charge in [0.25, 0.3) is 0 Å². The van der Waals surface area contributed by atoms with E-state index in [0.717, 1.165) is 11.3 Å². The highest BCUT2D eigenvalue weighted by atomic mass is 16.6. The van der Waals surface area contributed by atoms with Crippen LogP contribution in [0.3, 0.4) is 0 Å². The number of rotatable bonds is 4. The molecule has 0 N–H and O–H groups in total. The molecule has 64 valence electrons. The third kappa shape index (κ3) is 2.27. The van der Waals surface area contributed by atoms with Crippen molar-refractivity contribution in [3.8, 4) is 5.75 Å². The predicted molar refractivity (Wildman–Crippen MR) is 47.3 cm³/mol. The van der Waals surface area contributed by atoms with Crippen molar-refractivity contribution >= 4 is 6.72 Å². The minimum atomic E-state index is 0.452. The topological polar surface area (TPSA) is 30.8 Å². The summed E-state index contributed by atoms with van der Waals surface area (Å²) >= 11 is 0. The Labute approximate surface area is 71.6 Å². The van der Waals surface area contributed by atoms with E-state index >= 15 is 0 Å². The fraction of sp³-hybridized carbons (Fsp3) is 0.222. The molecule has 0 fully saturated rings. The highest BCUT2D eigenvalue weighted by molar-refractivity contribution is 5.26. The van der Waals surface area contributed by atoms with Gasteiger partial charge in [0.05, 0.1) is 7.11 Å². The molecule has 1 aromatic rings. The van der Waals surface area contributed by atoms with Crippen LogP contribution in [-0.4, -0.2) is 13.8 Å². The molecule has 3 nitrogen and oxygen atoms in total. The van der Waals surface area contributed by atoms with E-state index in [4.69, 9.17) is 9.57 Å². The SMILES string of the molecule is C=NOCc1ccc(OC)cc1. The van der Waals surface area contributed by atoms with Gasteiger partial charge in [0.2, 0.25) is 0 Å². The number of ether oxygens (including phenoxy) is 1. The first-order valence-electron chi connectivity index (χ1n) is 3.57. The minimum absolute atomic E-state index is 0.452. The summed E-state index contributed by atoms with van der Waals surface area (Å²) in [6, 6.07) is 7.59. The lowest BCUT2D eigenvalue weighted by molar-refractivity contribution is 0.133. The van der Waals surface area contributed by atoms with E-state index in [9.17, 15) is 0 Å². The van der Waals surface area contributed by atoms with Gasteiger partial charge >= 0.3 is 0 Å². The summed E-state index contributed by atoms with van der Waals surface area (Å²) in [6.45, 7) is 3.66. The van der Waals surface area contributed by atoms with Crippen LogP contribution in [0.15, 0.2) is 29.4 Å². The van der Waals surface area contributed by atoms with Gasteiger partial charge in [0.15, 0.2) is 0 Å². The van der Waals surface area contributed by atoms with Crippen LogP contribution in [0.4, 0.5) is 0 Å². The van der Waals surface area contributed by atoms with Gasteiger partial charge in [-0.3, -0.25) is 0 Å². The maximum Gasteiger partial charge on any atom is 0.142 e. The average Bonchev–Trinajstić information content (AvgIpc) is 2.15. The molecule has 0 heterocycles. The van der Waals surface area contributed by atoms with Gasteiger partial charge in [-0.25, -0.2) is 0 Å². The summed E-state index contributed by atoms with van der Waals surface area (Å²) in [4.78, 5) is 4.77. The van der Waals surface area contributed by atoms with E-state index in [1.165, 1.54) is 0 Å². The van der Waals surface area contributed by atoms with Crippen LogP contribution in [0, 0.1) is 0 Å². The number of hydrogen-bond acceptors (Lipinski definition) is 3. The second-order valence-corrected chi connectivity index (χ2v) is 2.25. The minimum Gasteiger partial charge on any atom is -0.497 e. The molecule has 0 spiro atoms. The number of methoxy groups -OCH3 is 1. The van der Waals surface area contributed by atoms with E-state index in [0.29, 0.717) is 6.61 Å². The van der Waals surface area contributed by atoms with Gasteiger partial charge in [0, 0.05) is 6.72 Å². The van der Waals surface area contributed by atoms with Crippen LogP contribution >= 0.6 is 0 Å². The van der Waals surface area contributed by atoms with Crippen molar-refractivity contribution in [2.75, 3.05) is 7.11 Å². The summed E-state index contributed by atoms with van der Waals surface area (Å²) < 4.78 is 5.00. The molecule has 1 rings (SSSR count). The van der Waals surface area contributed by atoms with Crippen molar-refractivity contribution < 1.29 is 9.57 Å². The first kappa shape index (κ1) is 8.59. The van der Waals surface area contributed by atoms with E-state index < -0.39 is 0 Å². The Morgan fingerprint density at radius 2 is 2.00 bits per heavy atom. The normalized spacial score (nSPS) is 9.08. The summed E-state index contributed by atoms with van der Waals surface area (Å²) in [5, 5.41) is 3.29. The van der Waals surface area contributed by atoms with E-state index in [2.05, 4.69) is 11.9 Å². The Kier molecular flexibility index (Phi) is 3.14. The Hall–Kier alpha value is -1.51. The van der Waals surface area contributed by atoms with E-state index in [1.807, 2.05) is 24.3 Å². The molecule has 0 aliphatic heterocycles. The summed E-state index contributed by atoms with van der Waals surface area (Å²) in [7, 11) is 1.64. The van der Waals surface area contributed by atoms with Gasteiger partial charge in [-0.05, 0) is 17.7 Å². The quantitative estimate of drug-likeness (QED) is 0.503. The molecule has 0 saturated carbocycles. The van der Waals surface area contributed by atoms with Crippen LogP contribution in [0.2, 0.25) is 0 Å². The molecule has 0 atom stereocenters. The van der Waals surface area contributed by atoms with Crippen LogP contribution in [-0.2, 0) is 11.4 Å². The second-order valence-electron chi connectivity index (χ2n) is 2.25. The molecular formula is C9H11NO2. The zero-order chi connectivity index (χ0) is 8.81. The molecule has 12 heavy (non-hydrogen) atoms. The standard InChI is InChI=1S/C9H11NO2/c1-10-12-7-8-3-5-9(11-2)6-4-8/h3-6H,1,7H2,2H3. The third-order valence-corrected chi connectivity index (χ3v) is 1.48. The Bertz CT molecular complexity index is 243. The molecule has 0 bridgehead atoms. The molecule has 0 aliphatic rings. The highest BCUT2D eigenvalue weighted by Gasteiger charge is 1.93. The van der Waals surface area contributed by atoms with Crippen LogP contribution in [0.1, 0.15) is 5.56 Å². The van der Waals surface area contributed by atoms with Gasteiger partial charge in [-0.2, -0.15) is 0 Å². The van der Waals surface area contributed by atoms with Crippen molar-refractivity contribution in [3.05, 3.63) is 29.8 Å². The molecular weight excluding hydrogens is 154 g/mol. The van der Waals surface area contributed by atoms with Crippen molar-refractivity contribution in [2.24, 2.45) is 5.16 Å². The monoisotopic (exact) mass is 165 g/mol. The molecule has 0 radical (unpaired) electrons. The number of benzene rings is 1. The first-order valence-corrected chi connectivity index (χ1v) is 3.57. The van der Waals surface area contributed by atoms with Crippen LogP contribution in [0.5, 0.6) is 5.75 Å². The highest BCUT2D eigenvalue weighted by Crippen LogP contribution is 2.11. The Balaban J connectivity index is 2.58. The summed E-state index contributed by atoms with van der Waals surface area (Å²) in [5.74, 6) is 0.838. The average molecular weight is 165 g/mol. The van der Waals surface area contributed by atoms with Gasteiger partial charge in [-0.15, -0.1) is 5.16 Å². The van der Waals surface area contributed by atoms with Crippen molar-refractivity contribution in [1.29, 1.82) is 0 Å². The van der Waals surface area contributed by atoms with Gasteiger partial charge < -0.3 is 9.57 Å². The van der Waals surface area contributed by atoms with Crippen molar-refractivity contribution in [1.82, 2.24) is 0 Å². The van der Waals surface area contributed by atoms with Crippen LogP contribution in [0.25, 0.3) is 0 Å². The molecule has 0 amide bonds. The predicted octanol–water partition coefficient (Wildman–Crippen LogP) is 1.83. The lowest BCUT2D eigenvalue weighted by Gasteiger charge is -2.01. The molecule has 0 aliphatic carbocycles. The lowest BCUT2D eigenvalue weighted by Crippen LogP contribution is -1.87. The maximum absolute atomic E-state index is 5.00. The van der Waals surface area contributed by atoms with E-state index in [1.54, 1.807) is 7.11 Å². The summed E-state index contributed by atoms with van der Waals surface area (Å²) in [5.41, 5.74) is 1.04. The second kappa shape index (κ2) is 4.38. The first-order chi connectivity index (χ1) is 5.86. The number of oxime groups is 1. The molecule has 1 aromatic carbocycles. The molecule has 3 heteroatoms. The molecule has 0 aromatic heterocycles. The number of nitrogens with zero attached hydrogens (tertiary/aromatic N) is 1. The number of hydrogen-bond donors (Lipinski definition) is 0. The zero-order valence-electron chi connectivity index (χ0n) is 6.99.